The summed E-state index contributed by atoms with van der Waals surface area (Å²) in [6.07, 6.45) is 1.86. The van der Waals surface area contributed by atoms with Gasteiger partial charge in [-0.1, -0.05) is 24.3 Å². The van der Waals surface area contributed by atoms with Crippen molar-refractivity contribution in [1.82, 2.24) is 4.72 Å². The highest BCUT2D eigenvalue weighted by atomic mass is 32.2. The third kappa shape index (κ3) is 3.04. The van der Waals surface area contributed by atoms with Crippen LogP contribution in [-0.4, -0.2) is 18.9 Å². The second-order valence-electron chi connectivity index (χ2n) is 4.15. The Bertz CT molecular complexity index is 538. The normalized spacial score (nSPS) is 19.5. The van der Waals surface area contributed by atoms with Crippen molar-refractivity contribution in [3.8, 4) is 0 Å². The molecule has 0 heterocycles. The average Bonchev–Trinajstić information content (AvgIpc) is 2.26. The summed E-state index contributed by atoms with van der Waals surface area (Å²) in [6, 6.07) is 7.77. The zero-order valence-electron chi connectivity index (χ0n) is 9.09. The van der Waals surface area contributed by atoms with Crippen molar-refractivity contribution in [3.05, 3.63) is 35.4 Å². The maximum absolute atomic E-state index is 11.6. The summed E-state index contributed by atoms with van der Waals surface area (Å²) in [4.78, 5) is 11.6. The Morgan fingerprint density at radius 3 is 2.59 bits per heavy atom. The molecule has 0 bridgehead atoms. The second kappa shape index (κ2) is 4.46. The lowest BCUT2D eigenvalue weighted by atomic mass is 9.84. The molecule has 1 atom stereocenters. The number of aryl methyl sites for hydroxylation is 1. The number of fused-ring (bicyclic) bond motifs is 1. The Morgan fingerprint density at radius 1 is 1.29 bits per heavy atom. The molecule has 17 heavy (non-hydrogen) atoms. The van der Waals surface area contributed by atoms with Crippen molar-refractivity contribution < 1.29 is 17.8 Å². The molecule has 0 saturated carbocycles. The van der Waals surface area contributed by atoms with Gasteiger partial charge < -0.3 is 0 Å². The van der Waals surface area contributed by atoms with Crippen molar-refractivity contribution >= 4 is 16.2 Å². The number of benzene rings is 1. The van der Waals surface area contributed by atoms with Crippen molar-refractivity contribution in [2.75, 3.05) is 0 Å². The fourth-order valence-electron chi connectivity index (χ4n) is 2.13. The van der Waals surface area contributed by atoms with E-state index < -0.39 is 22.1 Å². The Kier molecular flexibility index (Phi) is 3.17. The molecule has 2 N–H and O–H groups in total. The summed E-state index contributed by atoms with van der Waals surface area (Å²) in [5, 5.41) is 0. The number of hydrogen-bond donors (Lipinski definition) is 2. The molecular formula is C11H13NO4S. The van der Waals surface area contributed by atoms with E-state index in [1.807, 2.05) is 24.3 Å². The maximum Gasteiger partial charge on any atom is 0.359 e. The van der Waals surface area contributed by atoms with Crippen molar-refractivity contribution in [2.45, 2.75) is 19.3 Å². The number of nitrogens with one attached hydrogen (secondary N) is 1. The van der Waals surface area contributed by atoms with E-state index in [-0.39, 0.29) is 0 Å². The van der Waals surface area contributed by atoms with Crippen LogP contribution >= 0.6 is 0 Å². The minimum atomic E-state index is -4.45. The first-order valence-electron chi connectivity index (χ1n) is 5.31. The lowest BCUT2D eigenvalue weighted by Gasteiger charge is -2.23. The zero-order chi connectivity index (χ0) is 12.5. The van der Waals surface area contributed by atoms with Gasteiger partial charge in [0.15, 0.2) is 0 Å². The molecule has 1 aromatic rings. The van der Waals surface area contributed by atoms with Gasteiger partial charge in [-0.05, 0) is 30.4 Å². The first kappa shape index (κ1) is 12.1. The van der Waals surface area contributed by atoms with Crippen LogP contribution in [0, 0.1) is 5.92 Å². The van der Waals surface area contributed by atoms with E-state index in [4.69, 9.17) is 4.55 Å². The third-order valence-corrected chi connectivity index (χ3v) is 3.41. The van der Waals surface area contributed by atoms with E-state index >= 15 is 0 Å². The molecular weight excluding hydrogens is 242 g/mol. The summed E-state index contributed by atoms with van der Waals surface area (Å²) in [7, 11) is -4.45. The van der Waals surface area contributed by atoms with Gasteiger partial charge in [-0.15, -0.1) is 0 Å². The number of rotatable bonds is 2. The summed E-state index contributed by atoms with van der Waals surface area (Å²) in [6.45, 7) is 0. The Morgan fingerprint density at radius 2 is 1.94 bits per heavy atom. The number of carbonyl (C=O) groups excluding carboxylic acids is 1. The van der Waals surface area contributed by atoms with Gasteiger partial charge in [-0.3, -0.25) is 9.35 Å². The molecule has 0 spiro atoms. The van der Waals surface area contributed by atoms with Gasteiger partial charge in [-0.25, -0.2) is 4.72 Å². The van der Waals surface area contributed by atoms with Crippen LogP contribution in [0.1, 0.15) is 17.5 Å². The van der Waals surface area contributed by atoms with E-state index in [0.717, 1.165) is 12.0 Å². The van der Waals surface area contributed by atoms with Gasteiger partial charge in [0, 0.05) is 5.92 Å². The van der Waals surface area contributed by atoms with E-state index in [0.29, 0.717) is 12.8 Å². The van der Waals surface area contributed by atoms with E-state index in [1.165, 1.54) is 5.56 Å². The summed E-state index contributed by atoms with van der Waals surface area (Å²) in [5.74, 6) is -1.03. The standard InChI is InChI=1S/C11H13NO4S/c13-11(12-17(14,15)16)10-6-5-8-3-1-2-4-9(8)7-10/h1-4,10H,5-7H2,(H,12,13)(H,14,15,16). The van der Waals surface area contributed by atoms with Crippen LogP contribution in [0.5, 0.6) is 0 Å². The molecule has 1 amide bonds. The van der Waals surface area contributed by atoms with E-state index in [9.17, 15) is 13.2 Å². The Balaban J connectivity index is 2.10. The molecule has 0 saturated heterocycles. The third-order valence-electron chi connectivity index (χ3n) is 2.95. The van der Waals surface area contributed by atoms with Crippen LogP contribution in [0.4, 0.5) is 0 Å². The predicted octanol–water partition coefficient (Wildman–Crippen LogP) is 0.710. The quantitative estimate of drug-likeness (QED) is 0.762. The summed E-state index contributed by atoms with van der Waals surface area (Å²) < 4.78 is 31.3. The lowest BCUT2D eigenvalue weighted by molar-refractivity contribution is -0.123. The van der Waals surface area contributed by atoms with Gasteiger partial charge >= 0.3 is 10.3 Å². The minimum absolute atomic E-state index is 0.396. The molecule has 6 heteroatoms. The lowest BCUT2D eigenvalue weighted by Crippen LogP contribution is -2.37. The van der Waals surface area contributed by atoms with Crippen LogP contribution in [0.2, 0.25) is 0 Å². The molecule has 1 aliphatic carbocycles. The first-order valence-corrected chi connectivity index (χ1v) is 6.75. The van der Waals surface area contributed by atoms with Crippen LogP contribution < -0.4 is 4.72 Å². The molecule has 1 aliphatic rings. The predicted molar refractivity (Wildman–Crippen MR) is 61.6 cm³/mol. The molecule has 0 radical (unpaired) electrons. The van der Waals surface area contributed by atoms with Gasteiger partial charge in [-0.2, -0.15) is 8.42 Å². The van der Waals surface area contributed by atoms with Gasteiger partial charge in [0.2, 0.25) is 5.91 Å². The topological polar surface area (TPSA) is 83.5 Å². The summed E-state index contributed by atoms with van der Waals surface area (Å²) in [5.41, 5.74) is 2.26. The molecule has 0 fully saturated rings. The van der Waals surface area contributed by atoms with Gasteiger partial charge in [0.05, 0.1) is 0 Å². The van der Waals surface area contributed by atoms with Crippen LogP contribution in [0.3, 0.4) is 0 Å². The van der Waals surface area contributed by atoms with Crippen molar-refractivity contribution in [3.63, 3.8) is 0 Å². The molecule has 1 unspecified atom stereocenters. The zero-order valence-corrected chi connectivity index (χ0v) is 9.90. The van der Waals surface area contributed by atoms with Gasteiger partial charge in [0.25, 0.3) is 0 Å². The van der Waals surface area contributed by atoms with Crippen LogP contribution in [-0.2, 0) is 27.9 Å². The number of hydrogen-bond acceptors (Lipinski definition) is 3. The van der Waals surface area contributed by atoms with Gasteiger partial charge in [0.1, 0.15) is 0 Å². The minimum Gasteiger partial charge on any atom is -0.274 e. The molecule has 0 aromatic heterocycles. The molecule has 92 valence electrons. The smallest absolute Gasteiger partial charge is 0.274 e. The van der Waals surface area contributed by atoms with Crippen LogP contribution in [0.15, 0.2) is 24.3 Å². The largest absolute Gasteiger partial charge is 0.359 e. The SMILES string of the molecule is O=C(NS(=O)(=O)O)C1CCc2ccccc2C1. The molecule has 1 aromatic carbocycles. The molecule has 5 nitrogen and oxygen atoms in total. The number of carbonyl (C=O) groups is 1. The maximum atomic E-state index is 11.6. The Hall–Kier alpha value is -1.40. The highest BCUT2D eigenvalue weighted by Gasteiger charge is 2.26. The van der Waals surface area contributed by atoms with Crippen molar-refractivity contribution in [2.24, 2.45) is 5.92 Å². The van der Waals surface area contributed by atoms with E-state index in [2.05, 4.69) is 0 Å². The number of amides is 1. The monoisotopic (exact) mass is 255 g/mol. The first-order chi connectivity index (χ1) is 7.96. The average molecular weight is 255 g/mol. The summed E-state index contributed by atoms with van der Waals surface area (Å²) >= 11 is 0. The molecule has 2 rings (SSSR count). The highest BCUT2D eigenvalue weighted by molar-refractivity contribution is 7.84. The highest BCUT2D eigenvalue weighted by Crippen LogP contribution is 2.25. The fourth-order valence-corrected chi connectivity index (χ4v) is 2.55. The van der Waals surface area contributed by atoms with E-state index in [1.54, 1.807) is 4.72 Å². The van der Waals surface area contributed by atoms with Crippen molar-refractivity contribution in [1.29, 1.82) is 0 Å². The second-order valence-corrected chi connectivity index (χ2v) is 5.30. The Labute approximate surface area is 99.7 Å². The van der Waals surface area contributed by atoms with Crippen LogP contribution in [0.25, 0.3) is 0 Å². The molecule has 0 aliphatic heterocycles. The fraction of sp³-hybridized carbons (Fsp3) is 0.364.